The van der Waals surface area contributed by atoms with Crippen molar-refractivity contribution in [3.63, 3.8) is 0 Å². The van der Waals surface area contributed by atoms with Gasteiger partial charge in [-0.3, -0.25) is 4.99 Å². The van der Waals surface area contributed by atoms with Crippen molar-refractivity contribution in [2.24, 2.45) is 10.9 Å². The number of nitrogens with one attached hydrogen (secondary N) is 2. The number of carbonyl (C=O) groups excluding carboxylic acids is 1. The fraction of sp³-hybridized carbons (Fsp3) is 0.789. The zero-order valence-corrected chi connectivity index (χ0v) is 18.6. The van der Waals surface area contributed by atoms with E-state index in [1.165, 1.54) is 0 Å². The lowest BCUT2D eigenvalue weighted by Gasteiger charge is -2.28. The number of alkyl carbamates (subject to hydrolysis) is 1. The lowest BCUT2D eigenvalue weighted by atomic mass is 10.0. The molecule has 9 heteroatoms. The Labute approximate surface area is 168 Å². The normalized spacial score (nSPS) is 13.4. The molecule has 0 saturated carbocycles. The maximum absolute atomic E-state index is 12.1. The first kappa shape index (κ1) is 23.7. The highest BCUT2D eigenvalue weighted by Crippen LogP contribution is 2.11. The molecule has 1 atom stereocenters. The van der Waals surface area contributed by atoms with Gasteiger partial charge in [-0.2, -0.15) is 0 Å². The summed E-state index contributed by atoms with van der Waals surface area (Å²) in [5.41, 5.74) is -0.507. The fourth-order valence-corrected chi connectivity index (χ4v) is 2.69. The molecule has 1 unspecified atom stereocenters. The summed E-state index contributed by atoms with van der Waals surface area (Å²) in [5, 5.41) is 14.4. The first-order chi connectivity index (χ1) is 13.1. The molecule has 0 aliphatic rings. The van der Waals surface area contributed by atoms with Gasteiger partial charge in [-0.25, -0.2) is 4.79 Å². The number of nitrogens with zero attached hydrogens (tertiary/aromatic N) is 5. The Hall–Kier alpha value is -2.32. The van der Waals surface area contributed by atoms with E-state index in [4.69, 9.17) is 4.74 Å². The number of amides is 1. The first-order valence-electron chi connectivity index (χ1n) is 9.85. The average Bonchev–Trinajstić information content (AvgIpc) is 3.04. The maximum Gasteiger partial charge on any atom is 0.407 e. The van der Waals surface area contributed by atoms with E-state index in [0.29, 0.717) is 12.5 Å². The predicted molar refractivity (Wildman–Crippen MR) is 111 cm³/mol. The van der Waals surface area contributed by atoms with E-state index in [-0.39, 0.29) is 12.1 Å². The standard InChI is InChI=1S/C19H37N7O2/c1-9-26-13-22-24-16(26)12-21-17(20-7)25(8)11-10-15(14(2)3)23-18(27)28-19(4,5)6/h13-15H,9-12H2,1-8H3,(H,20,21)(H,23,27). The molecule has 0 aliphatic carbocycles. The Kier molecular flexibility index (Phi) is 9.21. The molecule has 9 nitrogen and oxygen atoms in total. The highest BCUT2D eigenvalue weighted by Gasteiger charge is 2.22. The van der Waals surface area contributed by atoms with Crippen molar-refractivity contribution in [3.05, 3.63) is 12.2 Å². The molecule has 1 rings (SSSR count). The van der Waals surface area contributed by atoms with Crippen LogP contribution in [0.4, 0.5) is 4.79 Å². The van der Waals surface area contributed by atoms with Crippen molar-refractivity contribution >= 4 is 12.1 Å². The molecule has 1 heterocycles. The number of rotatable bonds is 8. The van der Waals surface area contributed by atoms with Crippen molar-refractivity contribution in [3.8, 4) is 0 Å². The van der Waals surface area contributed by atoms with Crippen LogP contribution >= 0.6 is 0 Å². The van der Waals surface area contributed by atoms with Crippen LogP contribution in [-0.4, -0.2) is 64.0 Å². The summed E-state index contributed by atoms with van der Waals surface area (Å²) in [4.78, 5) is 18.5. The van der Waals surface area contributed by atoms with Gasteiger partial charge in [0.1, 0.15) is 11.9 Å². The first-order valence-corrected chi connectivity index (χ1v) is 9.85. The molecule has 1 aromatic rings. The molecule has 1 aromatic heterocycles. The van der Waals surface area contributed by atoms with Gasteiger partial charge in [-0.1, -0.05) is 13.8 Å². The fourth-order valence-electron chi connectivity index (χ4n) is 2.69. The van der Waals surface area contributed by atoms with Gasteiger partial charge in [0.05, 0.1) is 6.54 Å². The van der Waals surface area contributed by atoms with Crippen LogP contribution in [0.1, 0.15) is 53.8 Å². The number of aliphatic imine (C=N–C) groups is 1. The quantitative estimate of drug-likeness (QED) is 0.518. The predicted octanol–water partition coefficient (Wildman–Crippen LogP) is 2.24. The Morgan fingerprint density at radius 3 is 2.61 bits per heavy atom. The Morgan fingerprint density at radius 2 is 2.07 bits per heavy atom. The van der Waals surface area contributed by atoms with Crippen LogP contribution in [0.3, 0.4) is 0 Å². The lowest BCUT2D eigenvalue weighted by molar-refractivity contribution is 0.0486. The monoisotopic (exact) mass is 395 g/mol. The van der Waals surface area contributed by atoms with E-state index < -0.39 is 5.60 Å². The van der Waals surface area contributed by atoms with Gasteiger partial charge in [0.25, 0.3) is 0 Å². The number of hydrogen-bond donors (Lipinski definition) is 2. The second-order valence-corrected chi connectivity index (χ2v) is 8.14. The minimum absolute atomic E-state index is 0.0126. The molecular weight excluding hydrogens is 358 g/mol. The highest BCUT2D eigenvalue weighted by atomic mass is 16.6. The van der Waals surface area contributed by atoms with Crippen LogP contribution in [0.25, 0.3) is 0 Å². The smallest absolute Gasteiger partial charge is 0.407 e. The molecule has 2 N–H and O–H groups in total. The van der Waals surface area contributed by atoms with E-state index in [2.05, 4.69) is 46.6 Å². The van der Waals surface area contributed by atoms with Gasteiger partial charge >= 0.3 is 6.09 Å². The Morgan fingerprint density at radius 1 is 1.39 bits per heavy atom. The van der Waals surface area contributed by atoms with Gasteiger partial charge in [-0.15, -0.1) is 10.2 Å². The van der Waals surface area contributed by atoms with Crippen LogP contribution in [0, 0.1) is 5.92 Å². The second kappa shape index (κ2) is 10.9. The van der Waals surface area contributed by atoms with Crippen LogP contribution in [0.2, 0.25) is 0 Å². The van der Waals surface area contributed by atoms with Gasteiger partial charge in [-0.05, 0) is 40.0 Å². The van der Waals surface area contributed by atoms with E-state index in [1.54, 1.807) is 13.4 Å². The largest absolute Gasteiger partial charge is 0.444 e. The molecule has 1 amide bonds. The SMILES string of the molecule is CCn1cnnc1CNC(=NC)N(C)CCC(NC(=O)OC(C)(C)C)C(C)C. The van der Waals surface area contributed by atoms with Crippen LogP contribution < -0.4 is 10.6 Å². The van der Waals surface area contributed by atoms with Crippen molar-refractivity contribution in [2.75, 3.05) is 20.6 Å². The van der Waals surface area contributed by atoms with E-state index >= 15 is 0 Å². The molecule has 0 aromatic carbocycles. The summed E-state index contributed by atoms with van der Waals surface area (Å²) in [7, 11) is 3.73. The number of guanidine groups is 1. The third kappa shape index (κ3) is 8.14. The minimum Gasteiger partial charge on any atom is -0.444 e. The van der Waals surface area contributed by atoms with Crippen LogP contribution in [0.5, 0.6) is 0 Å². The highest BCUT2D eigenvalue weighted by molar-refractivity contribution is 5.79. The molecule has 0 spiro atoms. The summed E-state index contributed by atoms with van der Waals surface area (Å²) in [6.45, 7) is 13.9. The molecule has 0 saturated heterocycles. The number of aromatic nitrogens is 3. The second-order valence-electron chi connectivity index (χ2n) is 8.14. The third-order valence-electron chi connectivity index (χ3n) is 4.30. The maximum atomic E-state index is 12.1. The number of aryl methyl sites for hydroxylation is 1. The van der Waals surface area contributed by atoms with Gasteiger partial charge < -0.3 is 24.8 Å². The molecule has 0 aliphatic heterocycles. The van der Waals surface area contributed by atoms with Gasteiger partial charge in [0.15, 0.2) is 11.8 Å². The van der Waals surface area contributed by atoms with Crippen molar-refractivity contribution in [1.29, 1.82) is 0 Å². The molecule has 28 heavy (non-hydrogen) atoms. The molecule has 160 valence electrons. The minimum atomic E-state index is -0.507. The van der Waals surface area contributed by atoms with E-state index in [0.717, 1.165) is 31.3 Å². The Balaban J connectivity index is 2.57. The Bertz CT molecular complexity index is 634. The number of hydrogen-bond acceptors (Lipinski definition) is 5. The summed E-state index contributed by atoms with van der Waals surface area (Å²) in [5.74, 6) is 1.92. The molecule has 0 radical (unpaired) electrons. The van der Waals surface area contributed by atoms with Crippen LogP contribution in [0.15, 0.2) is 11.3 Å². The third-order valence-corrected chi connectivity index (χ3v) is 4.30. The lowest BCUT2D eigenvalue weighted by Crippen LogP contribution is -2.45. The number of ether oxygens (including phenoxy) is 1. The summed E-state index contributed by atoms with van der Waals surface area (Å²) in [6, 6.07) is 0.0126. The van der Waals surface area contributed by atoms with E-state index in [1.807, 2.05) is 37.3 Å². The van der Waals surface area contributed by atoms with Gasteiger partial charge in [0.2, 0.25) is 0 Å². The summed E-state index contributed by atoms with van der Waals surface area (Å²) in [6.07, 6.45) is 2.12. The molecule has 0 fully saturated rings. The van der Waals surface area contributed by atoms with Crippen LogP contribution in [-0.2, 0) is 17.8 Å². The van der Waals surface area contributed by atoms with Crippen molar-refractivity contribution < 1.29 is 9.53 Å². The van der Waals surface area contributed by atoms with E-state index in [9.17, 15) is 4.79 Å². The van der Waals surface area contributed by atoms with Crippen molar-refractivity contribution in [1.82, 2.24) is 30.3 Å². The van der Waals surface area contributed by atoms with Gasteiger partial charge in [0, 0.05) is 33.2 Å². The zero-order chi connectivity index (χ0) is 21.3. The number of carbonyl (C=O) groups is 1. The van der Waals surface area contributed by atoms with Crippen molar-refractivity contribution in [2.45, 2.75) is 72.7 Å². The summed E-state index contributed by atoms with van der Waals surface area (Å²) < 4.78 is 7.37. The molecular formula is C19H37N7O2. The topological polar surface area (TPSA) is 96.7 Å². The average molecular weight is 396 g/mol. The zero-order valence-electron chi connectivity index (χ0n) is 18.6. The molecule has 0 bridgehead atoms. The summed E-state index contributed by atoms with van der Waals surface area (Å²) >= 11 is 0.